The van der Waals surface area contributed by atoms with Crippen molar-refractivity contribution in [2.75, 3.05) is 11.5 Å². The number of hydrogen-bond acceptors (Lipinski definition) is 5. The van der Waals surface area contributed by atoms with Gasteiger partial charge in [0.2, 0.25) is 5.91 Å². The number of aromatic nitrogens is 1. The van der Waals surface area contributed by atoms with Crippen LogP contribution in [-0.2, 0) is 4.79 Å². The third-order valence-corrected chi connectivity index (χ3v) is 5.55. The standard InChI is InChI=1S/C14H16ClN3OS2/c1-8(10-5-3-4-6-11(10)15)17-12(19)7-20-13-9(2)18-14(16)21-13/h3-6,8H,7H2,1-2H3,(H2,16,18)(H,17,19). The molecular formula is C14H16ClN3OS2. The molecule has 0 aliphatic heterocycles. The Kier molecular flexibility index (Phi) is 5.50. The van der Waals surface area contributed by atoms with Crippen molar-refractivity contribution in [3.8, 4) is 0 Å². The summed E-state index contributed by atoms with van der Waals surface area (Å²) in [7, 11) is 0. The number of benzene rings is 1. The van der Waals surface area contributed by atoms with Crippen LogP contribution in [0.15, 0.2) is 28.5 Å². The number of thioether (sulfide) groups is 1. The van der Waals surface area contributed by atoms with Gasteiger partial charge in [0.1, 0.15) is 0 Å². The molecular weight excluding hydrogens is 326 g/mol. The molecule has 2 aromatic rings. The number of nitrogens with two attached hydrogens (primary N) is 1. The zero-order valence-electron chi connectivity index (χ0n) is 11.7. The number of halogens is 1. The van der Waals surface area contributed by atoms with E-state index in [4.69, 9.17) is 17.3 Å². The van der Waals surface area contributed by atoms with Crippen molar-refractivity contribution in [2.45, 2.75) is 24.1 Å². The number of carbonyl (C=O) groups excluding carboxylic acids is 1. The van der Waals surface area contributed by atoms with E-state index >= 15 is 0 Å². The van der Waals surface area contributed by atoms with Gasteiger partial charge in [-0.3, -0.25) is 4.79 Å². The first-order valence-corrected chi connectivity index (χ1v) is 8.55. The van der Waals surface area contributed by atoms with Crippen molar-refractivity contribution in [3.05, 3.63) is 40.5 Å². The van der Waals surface area contributed by atoms with Crippen molar-refractivity contribution >= 4 is 45.7 Å². The van der Waals surface area contributed by atoms with Gasteiger partial charge in [-0.2, -0.15) is 0 Å². The molecule has 0 fully saturated rings. The molecule has 0 radical (unpaired) electrons. The summed E-state index contributed by atoms with van der Waals surface area (Å²) in [5, 5.41) is 4.13. The van der Waals surface area contributed by atoms with E-state index in [9.17, 15) is 4.79 Å². The average Bonchev–Trinajstić information content (AvgIpc) is 2.75. The number of nitrogens with one attached hydrogen (secondary N) is 1. The van der Waals surface area contributed by atoms with Crippen LogP contribution in [0.3, 0.4) is 0 Å². The fourth-order valence-electron chi connectivity index (χ4n) is 1.85. The molecule has 2 rings (SSSR count). The van der Waals surface area contributed by atoms with Crippen molar-refractivity contribution < 1.29 is 4.79 Å². The molecule has 0 aliphatic carbocycles. The minimum atomic E-state index is -0.126. The van der Waals surface area contributed by atoms with Crippen molar-refractivity contribution in [2.24, 2.45) is 0 Å². The van der Waals surface area contributed by atoms with Crippen LogP contribution in [0.4, 0.5) is 5.13 Å². The summed E-state index contributed by atoms with van der Waals surface area (Å²) in [6.07, 6.45) is 0. The van der Waals surface area contributed by atoms with Crippen LogP contribution in [0.25, 0.3) is 0 Å². The van der Waals surface area contributed by atoms with Gasteiger partial charge in [-0.15, -0.1) is 11.8 Å². The molecule has 0 saturated carbocycles. The number of thiazole rings is 1. The molecule has 0 aliphatic rings. The molecule has 0 spiro atoms. The van der Waals surface area contributed by atoms with Crippen molar-refractivity contribution in [3.63, 3.8) is 0 Å². The third kappa shape index (κ3) is 4.36. The fourth-order valence-corrected chi connectivity index (χ4v) is 3.99. The molecule has 112 valence electrons. The van der Waals surface area contributed by atoms with Gasteiger partial charge in [-0.05, 0) is 25.5 Å². The van der Waals surface area contributed by atoms with E-state index in [0.717, 1.165) is 15.5 Å². The predicted molar refractivity (Wildman–Crippen MR) is 90.0 cm³/mol. The Bertz CT molecular complexity index is 645. The lowest BCUT2D eigenvalue weighted by Gasteiger charge is -2.15. The number of amides is 1. The van der Waals surface area contributed by atoms with E-state index in [2.05, 4.69) is 10.3 Å². The Morgan fingerprint density at radius 2 is 2.24 bits per heavy atom. The van der Waals surface area contributed by atoms with E-state index in [0.29, 0.717) is 15.9 Å². The van der Waals surface area contributed by atoms with Gasteiger partial charge in [-0.1, -0.05) is 41.1 Å². The molecule has 21 heavy (non-hydrogen) atoms. The maximum absolute atomic E-state index is 12.0. The molecule has 1 aromatic heterocycles. The SMILES string of the molecule is Cc1nc(N)sc1SCC(=O)NC(C)c1ccccc1Cl. The number of hydrogen-bond donors (Lipinski definition) is 2. The molecule has 1 unspecified atom stereocenters. The number of nitrogen functional groups attached to an aromatic ring is 1. The molecule has 1 aromatic carbocycles. The highest BCUT2D eigenvalue weighted by atomic mass is 35.5. The highest BCUT2D eigenvalue weighted by molar-refractivity contribution is 8.01. The summed E-state index contributed by atoms with van der Waals surface area (Å²) in [5.41, 5.74) is 7.42. The summed E-state index contributed by atoms with van der Waals surface area (Å²) in [5.74, 6) is 0.288. The van der Waals surface area contributed by atoms with Gasteiger partial charge in [-0.25, -0.2) is 4.98 Å². The van der Waals surface area contributed by atoms with Gasteiger partial charge in [0, 0.05) is 5.02 Å². The maximum Gasteiger partial charge on any atom is 0.230 e. The minimum Gasteiger partial charge on any atom is -0.375 e. The number of aryl methyl sites for hydroxylation is 1. The average molecular weight is 342 g/mol. The van der Waals surface area contributed by atoms with E-state index < -0.39 is 0 Å². The Morgan fingerprint density at radius 3 is 2.86 bits per heavy atom. The summed E-state index contributed by atoms with van der Waals surface area (Å²) in [4.78, 5) is 16.1. The van der Waals surface area contributed by atoms with E-state index in [1.807, 2.05) is 38.1 Å². The second-order valence-corrected chi connectivity index (χ2v) is 7.21. The lowest BCUT2D eigenvalue weighted by Crippen LogP contribution is -2.28. The van der Waals surface area contributed by atoms with Gasteiger partial charge in [0.15, 0.2) is 5.13 Å². The summed E-state index contributed by atoms with van der Waals surface area (Å²) in [6.45, 7) is 3.80. The van der Waals surface area contributed by atoms with Crippen LogP contribution in [0.1, 0.15) is 24.2 Å². The van der Waals surface area contributed by atoms with Crippen molar-refractivity contribution in [1.29, 1.82) is 0 Å². The van der Waals surface area contributed by atoms with E-state index in [1.165, 1.54) is 23.1 Å². The van der Waals surface area contributed by atoms with Crippen LogP contribution in [0, 0.1) is 6.92 Å². The second-order valence-electron chi connectivity index (χ2n) is 4.52. The molecule has 7 heteroatoms. The number of nitrogens with zero attached hydrogens (tertiary/aromatic N) is 1. The third-order valence-electron chi connectivity index (χ3n) is 2.85. The summed E-state index contributed by atoms with van der Waals surface area (Å²) >= 11 is 8.97. The molecule has 4 nitrogen and oxygen atoms in total. The van der Waals surface area contributed by atoms with E-state index in [-0.39, 0.29) is 11.9 Å². The van der Waals surface area contributed by atoms with Gasteiger partial charge in [0.25, 0.3) is 0 Å². The summed E-state index contributed by atoms with van der Waals surface area (Å²) in [6, 6.07) is 7.38. The monoisotopic (exact) mass is 341 g/mol. The van der Waals surface area contributed by atoms with E-state index in [1.54, 1.807) is 0 Å². The zero-order chi connectivity index (χ0) is 15.4. The van der Waals surface area contributed by atoms with Crippen LogP contribution in [-0.4, -0.2) is 16.6 Å². The first kappa shape index (κ1) is 16.1. The number of anilines is 1. The highest BCUT2D eigenvalue weighted by Crippen LogP contribution is 2.30. The molecule has 1 atom stereocenters. The maximum atomic E-state index is 12.0. The molecule has 0 bridgehead atoms. The Morgan fingerprint density at radius 1 is 1.52 bits per heavy atom. The Hall–Kier alpha value is -1.24. The number of carbonyl (C=O) groups is 1. The molecule has 1 amide bonds. The molecule has 0 saturated heterocycles. The first-order chi connectivity index (χ1) is 9.97. The number of rotatable bonds is 5. The van der Waals surface area contributed by atoms with Crippen molar-refractivity contribution in [1.82, 2.24) is 10.3 Å². The Balaban J connectivity index is 1.90. The van der Waals surface area contributed by atoms with Gasteiger partial charge >= 0.3 is 0 Å². The van der Waals surface area contributed by atoms with Gasteiger partial charge in [0.05, 0.1) is 21.7 Å². The topological polar surface area (TPSA) is 68.0 Å². The van der Waals surface area contributed by atoms with Crippen LogP contribution in [0.5, 0.6) is 0 Å². The first-order valence-electron chi connectivity index (χ1n) is 6.37. The van der Waals surface area contributed by atoms with Crippen LogP contribution < -0.4 is 11.1 Å². The smallest absolute Gasteiger partial charge is 0.230 e. The van der Waals surface area contributed by atoms with Crippen LogP contribution in [0.2, 0.25) is 5.02 Å². The summed E-state index contributed by atoms with van der Waals surface area (Å²) < 4.78 is 0.980. The van der Waals surface area contributed by atoms with Gasteiger partial charge < -0.3 is 11.1 Å². The Labute approximate surface area is 137 Å². The fraction of sp³-hybridized carbons (Fsp3) is 0.286. The zero-order valence-corrected chi connectivity index (χ0v) is 14.1. The molecule has 3 N–H and O–H groups in total. The largest absolute Gasteiger partial charge is 0.375 e. The normalized spacial score (nSPS) is 12.1. The predicted octanol–water partition coefficient (Wildman–Crippen LogP) is 3.66. The highest BCUT2D eigenvalue weighted by Gasteiger charge is 2.14. The molecule has 1 heterocycles. The second kappa shape index (κ2) is 7.15. The quantitative estimate of drug-likeness (QED) is 0.814. The minimum absolute atomic E-state index is 0.0428. The lowest BCUT2D eigenvalue weighted by molar-refractivity contribution is -0.119. The van der Waals surface area contributed by atoms with Crippen LogP contribution >= 0.6 is 34.7 Å². The lowest BCUT2D eigenvalue weighted by atomic mass is 10.1.